The second-order valence-electron chi connectivity index (χ2n) is 11.0. The first-order valence-electron chi connectivity index (χ1n) is 14.7. The molecule has 3 amide bonds. The third-order valence-corrected chi connectivity index (χ3v) is 7.69. The molecule has 16 nitrogen and oxygen atoms in total. The third-order valence-electron chi connectivity index (χ3n) is 7.69. The molecule has 246 valence electrons. The van der Waals surface area contributed by atoms with Crippen LogP contribution in [0.3, 0.4) is 0 Å². The molecule has 0 aromatic heterocycles. The molecule has 1 fully saturated rings. The van der Waals surface area contributed by atoms with E-state index in [1.807, 2.05) is 0 Å². The van der Waals surface area contributed by atoms with E-state index < -0.39 is 47.6 Å². The second kappa shape index (κ2) is 18.7. The van der Waals surface area contributed by atoms with E-state index in [0.29, 0.717) is 32.2 Å². The topological polar surface area (TPSA) is 225 Å². The summed E-state index contributed by atoms with van der Waals surface area (Å²) in [7, 11) is 0. The Morgan fingerprint density at radius 2 is 1.32 bits per heavy atom. The van der Waals surface area contributed by atoms with E-state index in [1.54, 1.807) is 14.7 Å². The summed E-state index contributed by atoms with van der Waals surface area (Å²) in [4.78, 5) is 88.5. The molecule has 16 heteroatoms. The van der Waals surface area contributed by atoms with Crippen molar-refractivity contribution in [2.24, 2.45) is 5.92 Å². The van der Waals surface area contributed by atoms with Gasteiger partial charge in [-0.05, 0) is 51.1 Å². The lowest BCUT2D eigenvalue weighted by Crippen LogP contribution is -2.48. The number of carbonyl (C=O) groups is 7. The van der Waals surface area contributed by atoms with E-state index in [-0.39, 0.29) is 84.1 Å². The molecule has 2 atom stereocenters. The lowest BCUT2D eigenvalue weighted by molar-refractivity contribution is -0.144. The zero-order valence-corrected chi connectivity index (χ0v) is 24.8. The van der Waals surface area contributed by atoms with E-state index in [0.717, 1.165) is 17.1 Å². The predicted molar refractivity (Wildman–Crippen MR) is 153 cm³/mol. The first kappa shape index (κ1) is 36.3. The summed E-state index contributed by atoms with van der Waals surface area (Å²) in [6, 6.07) is -1.09. The fourth-order valence-corrected chi connectivity index (χ4v) is 5.46. The van der Waals surface area contributed by atoms with Crippen LogP contribution in [0.5, 0.6) is 0 Å². The molecule has 2 aliphatic heterocycles. The molecule has 2 heterocycles. The Morgan fingerprint density at radius 3 is 1.86 bits per heavy atom. The molecule has 0 radical (unpaired) electrons. The van der Waals surface area contributed by atoms with Crippen LogP contribution in [0.1, 0.15) is 44.9 Å². The van der Waals surface area contributed by atoms with E-state index in [9.17, 15) is 54.0 Å². The fourth-order valence-electron chi connectivity index (χ4n) is 5.46. The maximum atomic E-state index is 12.5. The predicted octanol–water partition coefficient (Wildman–Crippen LogP) is -0.999. The molecule has 0 aromatic carbocycles. The van der Waals surface area contributed by atoms with E-state index in [2.05, 4.69) is 5.32 Å². The number of carboxylic acids is 4. The Bertz CT molecular complexity index is 1060. The van der Waals surface area contributed by atoms with Crippen molar-refractivity contribution in [3.63, 3.8) is 0 Å². The van der Waals surface area contributed by atoms with Crippen molar-refractivity contribution < 1.29 is 54.0 Å². The van der Waals surface area contributed by atoms with Crippen LogP contribution in [0, 0.1) is 5.92 Å². The van der Waals surface area contributed by atoms with Gasteiger partial charge >= 0.3 is 23.9 Å². The number of amides is 3. The van der Waals surface area contributed by atoms with Crippen molar-refractivity contribution in [2.45, 2.75) is 51.0 Å². The Hall–Kier alpha value is -3.89. The molecule has 0 spiro atoms. The minimum atomic E-state index is -1.17. The molecule has 5 N–H and O–H groups in total. The van der Waals surface area contributed by atoms with Crippen LogP contribution in [-0.4, -0.2) is 153 Å². The summed E-state index contributed by atoms with van der Waals surface area (Å²) in [6.07, 6.45) is 4.04. The maximum Gasteiger partial charge on any atom is 0.320 e. The van der Waals surface area contributed by atoms with Crippen molar-refractivity contribution in [3.05, 3.63) is 12.2 Å². The molecule has 0 bridgehead atoms. The second-order valence-corrected chi connectivity index (χ2v) is 11.0. The molecule has 0 aromatic rings. The normalized spacial score (nSPS) is 20.6. The van der Waals surface area contributed by atoms with Gasteiger partial charge in [0.1, 0.15) is 6.04 Å². The summed E-state index contributed by atoms with van der Waals surface area (Å²) < 4.78 is 0. The Balaban J connectivity index is 2.11. The fraction of sp³-hybridized carbons (Fsp3) is 0.679. The quantitative estimate of drug-likeness (QED) is 0.146. The summed E-state index contributed by atoms with van der Waals surface area (Å²) in [5, 5.41) is 40.8. The first-order valence-corrected chi connectivity index (χ1v) is 14.7. The van der Waals surface area contributed by atoms with Crippen LogP contribution in [0.2, 0.25) is 0 Å². The number of nitrogens with one attached hydrogen (secondary N) is 1. The highest BCUT2D eigenvalue weighted by Gasteiger charge is 2.28. The summed E-state index contributed by atoms with van der Waals surface area (Å²) >= 11 is 0. The highest BCUT2D eigenvalue weighted by atomic mass is 16.4. The molecule has 0 saturated carbocycles. The van der Waals surface area contributed by atoms with Crippen molar-refractivity contribution in [1.29, 1.82) is 0 Å². The van der Waals surface area contributed by atoms with Crippen molar-refractivity contribution in [3.8, 4) is 0 Å². The zero-order chi connectivity index (χ0) is 32.6. The number of hydrogen-bond donors (Lipinski definition) is 5. The van der Waals surface area contributed by atoms with Gasteiger partial charge in [-0.3, -0.25) is 53.2 Å². The summed E-state index contributed by atoms with van der Waals surface area (Å²) in [6.45, 7) is 0.926. The minimum Gasteiger partial charge on any atom is -0.481 e. The van der Waals surface area contributed by atoms with Gasteiger partial charge in [-0.25, -0.2) is 0 Å². The summed E-state index contributed by atoms with van der Waals surface area (Å²) in [5.74, 6) is -5.85. The lowest BCUT2D eigenvalue weighted by atomic mass is 9.93. The smallest absolute Gasteiger partial charge is 0.320 e. The average Bonchev–Trinajstić information content (AvgIpc) is 3.24. The Labute approximate surface area is 255 Å². The lowest BCUT2D eigenvalue weighted by Gasteiger charge is -2.33. The van der Waals surface area contributed by atoms with Crippen molar-refractivity contribution in [2.75, 3.05) is 65.4 Å². The molecule has 2 unspecified atom stereocenters. The van der Waals surface area contributed by atoms with Crippen LogP contribution in [0.15, 0.2) is 12.2 Å². The number of aliphatic carboxylic acids is 4. The van der Waals surface area contributed by atoms with Gasteiger partial charge in [-0.1, -0.05) is 0 Å². The largest absolute Gasteiger partial charge is 0.481 e. The number of rotatable bonds is 14. The van der Waals surface area contributed by atoms with Crippen LogP contribution in [-0.2, 0) is 33.6 Å². The molecular weight excluding hydrogens is 582 g/mol. The number of imide groups is 1. The number of carboxylic acid groups (broad SMARTS) is 4. The van der Waals surface area contributed by atoms with Crippen LogP contribution >= 0.6 is 0 Å². The van der Waals surface area contributed by atoms with Gasteiger partial charge in [0.05, 0.1) is 13.1 Å². The van der Waals surface area contributed by atoms with Crippen molar-refractivity contribution >= 4 is 41.6 Å². The Morgan fingerprint density at radius 1 is 0.773 bits per heavy atom. The highest BCUT2D eigenvalue weighted by molar-refractivity contribution is 6.12. The molecule has 2 aliphatic rings. The number of nitrogens with zero attached hydrogens (tertiary/aromatic N) is 4. The highest BCUT2D eigenvalue weighted by Crippen LogP contribution is 2.20. The van der Waals surface area contributed by atoms with Crippen LogP contribution < -0.4 is 5.32 Å². The van der Waals surface area contributed by atoms with Crippen LogP contribution in [0.4, 0.5) is 0 Å². The average molecular weight is 626 g/mol. The van der Waals surface area contributed by atoms with Gasteiger partial charge in [0.15, 0.2) is 0 Å². The monoisotopic (exact) mass is 625 g/mol. The van der Waals surface area contributed by atoms with Gasteiger partial charge in [-0.15, -0.1) is 0 Å². The minimum absolute atomic E-state index is 0.00740. The molecule has 1 saturated heterocycles. The SMILES string of the molecule is O=C(O)CC1CCCN(CC(=O)O)CCN(CC(=O)O)CCN(C(CCC(=O)NCCN2C(=O)C=CC2=O)C(=O)O)CCC1. The molecular formula is C28H43N5O11. The third kappa shape index (κ3) is 13.6. The maximum absolute atomic E-state index is 12.5. The van der Waals surface area contributed by atoms with Gasteiger partial charge in [0.25, 0.3) is 11.8 Å². The van der Waals surface area contributed by atoms with E-state index in [4.69, 9.17) is 0 Å². The first-order chi connectivity index (χ1) is 20.8. The molecule has 2 rings (SSSR count). The number of carbonyl (C=O) groups excluding carboxylic acids is 3. The standard InChI is InChI=1S/C28H43N5O11/c34-22(29-9-12-33-23(35)7-8-24(33)36)6-5-21(28(43)44)32-11-2-4-20(17-25(37)38)3-1-10-30(18-26(39)40)13-14-31(15-16-32)19-27(41)42/h7-8,20-21H,1-6,9-19H2,(H,29,34)(H,37,38)(H,39,40)(H,41,42)(H,43,44). The van der Waals surface area contributed by atoms with E-state index >= 15 is 0 Å². The van der Waals surface area contributed by atoms with Gasteiger partial charge in [0, 0.05) is 64.3 Å². The van der Waals surface area contributed by atoms with Gasteiger partial charge in [0.2, 0.25) is 5.91 Å². The van der Waals surface area contributed by atoms with E-state index in [1.165, 1.54) is 0 Å². The zero-order valence-electron chi connectivity index (χ0n) is 24.8. The van der Waals surface area contributed by atoms with Gasteiger partial charge in [-0.2, -0.15) is 0 Å². The summed E-state index contributed by atoms with van der Waals surface area (Å²) in [5.41, 5.74) is 0. The van der Waals surface area contributed by atoms with Gasteiger partial charge < -0.3 is 25.7 Å². The van der Waals surface area contributed by atoms with Crippen molar-refractivity contribution in [1.82, 2.24) is 24.9 Å². The van der Waals surface area contributed by atoms with Crippen LogP contribution in [0.25, 0.3) is 0 Å². The molecule has 44 heavy (non-hydrogen) atoms. The Kier molecular flexibility index (Phi) is 15.4. The molecule has 0 aliphatic carbocycles. The number of hydrogen-bond acceptors (Lipinski definition) is 10.